The lowest BCUT2D eigenvalue weighted by Gasteiger charge is -2.34. The molecule has 4 rings (SSSR count). The number of nitrogens with zero attached hydrogens (tertiary/aromatic N) is 1. The third kappa shape index (κ3) is 3.11. The molecule has 0 saturated heterocycles. The molecule has 134 valence electrons. The molecule has 0 fully saturated rings. The molecule has 2 aromatic rings. The largest absolute Gasteiger partial charge is 0.444 e. The minimum Gasteiger partial charge on any atom is -0.444 e. The number of allylic oxidation sites excluding steroid dienone is 3. The number of hydrogen-bond donors (Lipinski definition) is 1. The third-order valence-corrected chi connectivity index (χ3v) is 5.35. The van der Waals surface area contributed by atoms with Gasteiger partial charge in [0.2, 0.25) is 5.88 Å². The van der Waals surface area contributed by atoms with Gasteiger partial charge in [-0.25, -0.2) is 0 Å². The van der Waals surface area contributed by atoms with E-state index in [1.54, 1.807) is 18.2 Å². The van der Waals surface area contributed by atoms with Gasteiger partial charge in [-0.2, -0.15) is 5.26 Å². The molecule has 1 aliphatic heterocycles. The number of halogens is 1. The molecule has 0 spiro atoms. The molecule has 1 heterocycles. The molecule has 0 saturated carbocycles. The van der Waals surface area contributed by atoms with E-state index in [1.807, 2.05) is 36.4 Å². The highest BCUT2D eigenvalue weighted by Crippen LogP contribution is 2.46. The van der Waals surface area contributed by atoms with E-state index in [4.69, 9.17) is 22.1 Å². The van der Waals surface area contributed by atoms with Crippen molar-refractivity contribution < 1.29 is 9.53 Å². The number of hydrogen-bond acceptors (Lipinski definition) is 4. The molecule has 2 N–H and O–H groups in total. The van der Waals surface area contributed by atoms with Crippen molar-refractivity contribution in [2.24, 2.45) is 5.73 Å². The summed E-state index contributed by atoms with van der Waals surface area (Å²) in [4.78, 5) is 13.1. The van der Waals surface area contributed by atoms with Gasteiger partial charge in [0, 0.05) is 23.4 Å². The van der Waals surface area contributed by atoms with E-state index in [0.717, 1.165) is 11.1 Å². The molecule has 0 aromatic heterocycles. The minimum absolute atomic E-state index is 0.0182. The lowest BCUT2D eigenvalue weighted by Crippen LogP contribution is -2.29. The average molecular weight is 377 g/mol. The maximum Gasteiger partial charge on any atom is 0.205 e. The van der Waals surface area contributed by atoms with E-state index in [1.165, 1.54) is 0 Å². The van der Waals surface area contributed by atoms with Crippen LogP contribution in [0.2, 0.25) is 5.02 Å². The predicted octanol–water partition coefficient (Wildman–Crippen LogP) is 4.55. The van der Waals surface area contributed by atoms with Crippen LogP contribution in [0.3, 0.4) is 0 Å². The smallest absolute Gasteiger partial charge is 0.205 e. The Morgan fingerprint density at radius 3 is 2.52 bits per heavy atom. The van der Waals surface area contributed by atoms with Crippen LogP contribution in [0.1, 0.15) is 35.8 Å². The second-order valence-corrected chi connectivity index (χ2v) is 7.19. The van der Waals surface area contributed by atoms with Crippen LogP contribution in [0.25, 0.3) is 0 Å². The summed E-state index contributed by atoms with van der Waals surface area (Å²) in [6.45, 7) is 0. The van der Waals surface area contributed by atoms with Gasteiger partial charge in [0.1, 0.15) is 17.4 Å². The molecule has 0 radical (unpaired) electrons. The Balaban J connectivity index is 1.80. The lowest BCUT2D eigenvalue weighted by molar-refractivity contribution is -0.117. The third-order valence-electron chi connectivity index (χ3n) is 5.11. The summed E-state index contributed by atoms with van der Waals surface area (Å²) in [6, 6.07) is 19.2. The molecule has 4 nitrogen and oxygen atoms in total. The van der Waals surface area contributed by atoms with Crippen LogP contribution in [0.15, 0.2) is 77.4 Å². The zero-order valence-electron chi connectivity index (χ0n) is 14.5. The molecule has 2 unspecified atom stereocenters. The molecule has 0 bridgehead atoms. The molecule has 27 heavy (non-hydrogen) atoms. The number of carbonyl (C=O) groups excluding carboxylic acids is 1. The van der Waals surface area contributed by atoms with E-state index in [0.29, 0.717) is 29.2 Å². The van der Waals surface area contributed by atoms with Crippen LogP contribution in [-0.2, 0) is 9.53 Å². The Morgan fingerprint density at radius 1 is 1.07 bits per heavy atom. The minimum atomic E-state index is -0.540. The first kappa shape index (κ1) is 17.4. The number of nitriles is 1. The fourth-order valence-electron chi connectivity index (χ4n) is 3.89. The van der Waals surface area contributed by atoms with Crippen molar-refractivity contribution in [3.8, 4) is 6.07 Å². The van der Waals surface area contributed by atoms with Crippen LogP contribution >= 0.6 is 11.6 Å². The number of benzene rings is 2. The molecule has 1 aliphatic carbocycles. The molecular formula is C22H17ClN2O2. The van der Waals surface area contributed by atoms with Crippen LogP contribution in [-0.4, -0.2) is 5.78 Å². The monoisotopic (exact) mass is 376 g/mol. The van der Waals surface area contributed by atoms with Crippen LogP contribution in [0, 0.1) is 11.3 Å². The Hall–Kier alpha value is -3.03. The fraction of sp³-hybridized carbons (Fsp3) is 0.182. The van der Waals surface area contributed by atoms with Crippen LogP contribution in [0.4, 0.5) is 0 Å². The van der Waals surface area contributed by atoms with Gasteiger partial charge in [-0.15, -0.1) is 0 Å². The Morgan fingerprint density at radius 2 is 1.81 bits per heavy atom. The molecular weight excluding hydrogens is 360 g/mol. The van der Waals surface area contributed by atoms with Gasteiger partial charge < -0.3 is 10.5 Å². The van der Waals surface area contributed by atoms with Gasteiger partial charge in [-0.05, 0) is 29.2 Å². The number of nitrogens with two attached hydrogens (primary N) is 1. The van der Waals surface area contributed by atoms with E-state index >= 15 is 0 Å². The first-order valence-corrected chi connectivity index (χ1v) is 9.10. The van der Waals surface area contributed by atoms with Crippen molar-refractivity contribution in [3.63, 3.8) is 0 Å². The number of ketones is 1. The maximum atomic E-state index is 13.1. The van der Waals surface area contributed by atoms with Crippen molar-refractivity contribution in [1.29, 1.82) is 5.26 Å². The number of Topliss-reactive ketones (excluding diaryl/α,β-unsaturated/α-hetero) is 1. The zero-order valence-corrected chi connectivity index (χ0v) is 15.2. The Labute approximate surface area is 162 Å². The number of carbonyl (C=O) groups is 1. The van der Waals surface area contributed by atoms with Crippen molar-refractivity contribution in [2.75, 3.05) is 0 Å². The van der Waals surface area contributed by atoms with Crippen molar-refractivity contribution in [2.45, 2.75) is 24.7 Å². The van der Waals surface area contributed by atoms with E-state index < -0.39 is 5.92 Å². The van der Waals surface area contributed by atoms with Crippen molar-refractivity contribution in [3.05, 3.63) is 93.5 Å². The van der Waals surface area contributed by atoms with E-state index in [2.05, 4.69) is 6.07 Å². The van der Waals surface area contributed by atoms with Crippen molar-refractivity contribution >= 4 is 17.4 Å². The standard InChI is InChI=1S/C22H17ClN2O2/c23-16-8-4-7-14(9-16)20-17(12-24)22(25)27-19-11-15(10-18(26)21(19)20)13-5-2-1-3-6-13/h1-9,15,20H,10-11,25H2. The van der Waals surface area contributed by atoms with Gasteiger partial charge >= 0.3 is 0 Å². The topological polar surface area (TPSA) is 76.1 Å². The highest BCUT2D eigenvalue weighted by Gasteiger charge is 2.40. The average Bonchev–Trinajstić information content (AvgIpc) is 2.67. The quantitative estimate of drug-likeness (QED) is 0.834. The van der Waals surface area contributed by atoms with Gasteiger partial charge in [0.15, 0.2) is 5.78 Å². The Bertz CT molecular complexity index is 1020. The maximum absolute atomic E-state index is 13.1. The van der Waals surface area contributed by atoms with Crippen molar-refractivity contribution in [1.82, 2.24) is 0 Å². The van der Waals surface area contributed by atoms with Crippen LogP contribution < -0.4 is 5.73 Å². The van der Waals surface area contributed by atoms with E-state index in [9.17, 15) is 10.1 Å². The molecule has 2 aliphatic rings. The van der Waals surface area contributed by atoms with Gasteiger partial charge in [0.25, 0.3) is 0 Å². The summed E-state index contributed by atoms with van der Waals surface area (Å²) in [5.41, 5.74) is 8.68. The number of rotatable bonds is 2. The summed E-state index contributed by atoms with van der Waals surface area (Å²) in [6.07, 6.45) is 0.948. The first-order valence-electron chi connectivity index (χ1n) is 8.72. The predicted molar refractivity (Wildman–Crippen MR) is 103 cm³/mol. The Kier molecular flexibility index (Phi) is 4.47. The molecule has 5 heteroatoms. The molecule has 0 amide bonds. The summed E-state index contributed by atoms with van der Waals surface area (Å²) in [5.74, 6) is 0.0928. The second-order valence-electron chi connectivity index (χ2n) is 6.76. The first-order chi connectivity index (χ1) is 13.1. The highest BCUT2D eigenvalue weighted by molar-refractivity contribution is 6.30. The van der Waals surface area contributed by atoms with Gasteiger partial charge in [-0.3, -0.25) is 4.79 Å². The van der Waals surface area contributed by atoms with Gasteiger partial charge in [0.05, 0.1) is 5.92 Å². The highest BCUT2D eigenvalue weighted by atomic mass is 35.5. The fourth-order valence-corrected chi connectivity index (χ4v) is 4.09. The summed E-state index contributed by atoms with van der Waals surface area (Å²) in [5, 5.41) is 10.2. The summed E-state index contributed by atoms with van der Waals surface area (Å²) < 4.78 is 5.76. The zero-order chi connectivity index (χ0) is 19.0. The summed E-state index contributed by atoms with van der Waals surface area (Å²) >= 11 is 6.14. The van der Waals surface area contributed by atoms with E-state index in [-0.39, 0.29) is 23.2 Å². The summed E-state index contributed by atoms with van der Waals surface area (Å²) in [7, 11) is 0. The second kappa shape index (κ2) is 6.94. The number of ether oxygens (including phenoxy) is 1. The normalized spacial score (nSPS) is 22.1. The van der Waals surface area contributed by atoms with Gasteiger partial charge in [-0.1, -0.05) is 54.1 Å². The lowest BCUT2D eigenvalue weighted by atomic mass is 9.73. The molecule has 2 atom stereocenters. The SMILES string of the molecule is N#CC1=C(N)OC2=C(C(=O)CC(c3ccccc3)C2)C1c1cccc(Cl)c1. The molecule has 2 aromatic carbocycles. The van der Waals surface area contributed by atoms with Crippen LogP contribution in [0.5, 0.6) is 0 Å².